The number of unbranched alkanes of at least 4 members (excludes halogenated alkanes) is 1. The van der Waals surface area contributed by atoms with Gasteiger partial charge in [-0.25, -0.2) is 0 Å². The molecule has 21 heavy (non-hydrogen) atoms. The van der Waals surface area contributed by atoms with Crippen LogP contribution in [0.1, 0.15) is 31.7 Å². The van der Waals surface area contributed by atoms with Crippen LogP contribution in [0.2, 0.25) is 0 Å². The number of aryl methyl sites for hydroxylation is 1. The third-order valence-electron chi connectivity index (χ3n) is 3.11. The van der Waals surface area contributed by atoms with E-state index in [1.807, 2.05) is 24.3 Å². The van der Waals surface area contributed by atoms with E-state index < -0.39 is 0 Å². The number of hydrogen-bond donors (Lipinski definition) is 2. The Hall–Kier alpha value is -2.04. The number of methoxy groups -OCH3 is 1. The van der Waals surface area contributed by atoms with Crippen molar-refractivity contribution in [1.29, 1.82) is 0 Å². The van der Waals surface area contributed by atoms with Crippen molar-refractivity contribution in [3.8, 4) is 5.75 Å². The number of ether oxygens (including phenoxy) is 1. The molecule has 0 saturated heterocycles. The number of carbonyl (C=O) groups is 2. The summed E-state index contributed by atoms with van der Waals surface area (Å²) in [6.45, 7) is 2.80. The van der Waals surface area contributed by atoms with E-state index in [9.17, 15) is 9.59 Å². The maximum atomic E-state index is 11.7. The van der Waals surface area contributed by atoms with Crippen LogP contribution in [0.15, 0.2) is 24.3 Å². The second-order valence-corrected chi connectivity index (χ2v) is 4.85. The second-order valence-electron chi connectivity index (χ2n) is 4.85. The van der Waals surface area contributed by atoms with Crippen LogP contribution in [-0.2, 0) is 16.0 Å². The van der Waals surface area contributed by atoms with Crippen LogP contribution in [0.3, 0.4) is 0 Å². The van der Waals surface area contributed by atoms with Crippen LogP contribution in [0.5, 0.6) is 5.75 Å². The maximum Gasteiger partial charge on any atom is 0.220 e. The fourth-order valence-corrected chi connectivity index (χ4v) is 1.99. The monoisotopic (exact) mass is 292 g/mol. The van der Waals surface area contributed by atoms with Gasteiger partial charge < -0.3 is 15.4 Å². The van der Waals surface area contributed by atoms with Gasteiger partial charge in [0.15, 0.2) is 0 Å². The molecule has 0 saturated carbocycles. The quantitative estimate of drug-likeness (QED) is 0.680. The SMILES string of the molecule is COc1ccccc1CCC(=O)NCCCCNC(C)=O. The Morgan fingerprint density at radius 1 is 1.10 bits per heavy atom. The topological polar surface area (TPSA) is 67.4 Å². The van der Waals surface area contributed by atoms with Crippen molar-refractivity contribution in [2.45, 2.75) is 32.6 Å². The van der Waals surface area contributed by atoms with Crippen LogP contribution in [0.4, 0.5) is 0 Å². The molecule has 0 fully saturated rings. The van der Waals surface area contributed by atoms with Crippen molar-refractivity contribution >= 4 is 11.8 Å². The molecular formula is C16H24N2O3. The molecule has 0 bridgehead atoms. The van der Waals surface area contributed by atoms with E-state index in [-0.39, 0.29) is 11.8 Å². The number of nitrogens with one attached hydrogen (secondary N) is 2. The van der Waals surface area contributed by atoms with Crippen molar-refractivity contribution in [1.82, 2.24) is 10.6 Å². The van der Waals surface area contributed by atoms with Crippen LogP contribution in [0, 0.1) is 0 Å². The van der Waals surface area contributed by atoms with Crippen LogP contribution >= 0.6 is 0 Å². The van der Waals surface area contributed by atoms with E-state index in [4.69, 9.17) is 4.74 Å². The van der Waals surface area contributed by atoms with E-state index in [0.29, 0.717) is 25.9 Å². The number of benzene rings is 1. The minimum Gasteiger partial charge on any atom is -0.496 e. The van der Waals surface area contributed by atoms with Crippen molar-refractivity contribution < 1.29 is 14.3 Å². The first-order chi connectivity index (χ1) is 10.1. The van der Waals surface area contributed by atoms with Gasteiger partial charge in [-0.15, -0.1) is 0 Å². The van der Waals surface area contributed by atoms with Gasteiger partial charge in [0.1, 0.15) is 5.75 Å². The summed E-state index contributed by atoms with van der Waals surface area (Å²) in [6, 6.07) is 7.73. The van der Waals surface area contributed by atoms with Crippen molar-refractivity contribution in [3.05, 3.63) is 29.8 Å². The largest absolute Gasteiger partial charge is 0.496 e. The van der Waals surface area contributed by atoms with Gasteiger partial charge in [0.2, 0.25) is 11.8 Å². The fraction of sp³-hybridized carbons (Fsp3) is 0.500. The Kier molecular flexibility index (Phi) is 7.94. The van der Waals surface area contributed by atoms with E-state index in [1.165, 1.54) is 6.92 Å². The number of carbonyl (C=O) groups excluding carboxylic acids is 2. The molecule has 0 heterocycles. The summed E-state index contributed by atoms with van der Waals surface area (Å²) in [6.07, 6.45) is 2.85. The minimum atomic E-state index is -0.0177. The summed E-state index contributed by atoms with van der Waals surface area (Å²) in [4.78, 5) is 22.4. The smallest absolute Gasteiger partial charge is 0.220 e. The highest BCUT2D eigenvalue weighted by atomic mass is 16.5. The molecule has 0 aromatic heterocycles. The lowest BCUT2D eigenvalue weighted by atomic mass is 10.1. The first-order valence-electron chi connectivity index (χ1n) is 7.26. The molecule has 1 aromatic rings. The van der Waals surface area contributed by atoms with Gasteiger partial charge in [0.05, 0.1) is 7.11 Å². The molecule has 116 valence electrons. The molecule has 0 radical (unpaired) electrons. The highest BCUT2D eigenvalue weighted by Gasteiger charge is 2.05. The summed E-state index contributed by atoms with van der Waals surface area (Å²) >= 11 is 0. The van der Waals surface area contributed by atoms with E-state index in [2.05, 4.69) is 10.6 Å². The molecule has 1 aromatic carbocycles. The summed E-state index contributed by atoms with van der Waals surface area (Å²) in [5.74, 6) is 0.844. The van der Waals surface area contributed by atoms with Gasteiger partial charge in [-0.2, -0.15) is 0 Å². The molecular weight excluding hydrogens is 268 g/mol. The summed E-state index contributed by atoms with van der Waals surface area (Å²) in [5, 5.41) is 5.61. The van der Waals surface area contributed by atoms with Gasteiger partial charge in [-0.05, 0) is 30.9 Å². The Morgan fingerprint density at radius 3 is 2.43 bits per heavy atom. The lowest BCUT2D eigenvalue weighted by Crippen LogP contribution is -2.26. The highest BCUT2D eigenvalue weighted by molar-refractivity contribution is 5.76. The number of rotatable bonds is 9. The Bertz CT molecular complexity index is 461. The predicted molar refractivity (Wildman–Crippen MR) is 82.2 cm³/mol. The predicted octanol–water partition coefficient (Wildman–Crippen LogP) is 1.66. The lowest BCUT2D eigenvalue weighted by molar-refractivity contribution is -0.121. The summed E-state index contributed by atoms with van der Waals surface area (Å²) in [5.41, 5.74) is 1.04. The molecule has 0 aliphatic heterocycles. The van der Waals surface area contributed by atoms with Crippen LogP contribution in [0.25, 0.3) is 0 Å². The average Bonchev–Trinajstić information content (AvgIpc) is 2.48. The van der Waals surface area contributed by atoms with Gasteiger partial charge >= 0.3 is 0 Å². The summed E-state index contributed by atoms with van der Waals surface area (Å²) < 4.78 is 5.26. The van der Waals surface area contributed by atoms with Crippen LogP contribution < -0.4 is 15.4 Å². The highest BCUT2D eigenvalue weighted by Crippen LogP contribution is 2.18. The minimum absolute atomic E-state index is 0.0177. The Labute approximate surface area is 126 Å². The molecule has 0 spiro atoms. The van der Waals surface area contributed by atoms with E-state index >= 15 is 0 Å². The van der Waals surface area contributed by atoms with E-state index in [0.717, 1.165) is 24.2 Å². The first kappa shape index (κ1) is 17.0. The number of amides is 2. The molecule has 0 aliphatic carbocycles. The van der Waals surface area contributed by atoms with Gasteiger partial charge in [-0.1, -0.05) is 18.2 Å². The van der Waals surface area contributed by atoms with Gasteiger partial charge in [0.25, 0.3) is 0 Å². The fourth-order valence-electron chi connectivity index (χ4n) is 1.99. The molecule has 2 N–H and O–H groups in total. The normalized spacial score (nSPS) is 10.0. The Morgan fingerprint density at radius 2 is 1.76 bits per heavy atom. The third kappa shape index (κ3) is 7.34. The zero-order valence-electron chi connectivity index (χ0n) is 12.8. The standard InChI is InChI=1S/C16H24N2O3/c1-13(19)17-11-5-6-12-18-16(20)10-9-14-7-3-4-8-15(14)21-2/h3-4,7-8H,5-6,9-12H2,1-2H3,(H,17,19)(H,18,20). The average molecular weight is 292 g/mol. The number of para-hydroxylation sites is 1. The number of hydrogen-bond acceptors (Lipinski definition) is 3. The van der Waals surface area contributed by atoms with Gasteiger partial charge in [0, 0.05) is 26.4 Å². The van der Waals surface area contributed by atoms with E-state index in [1.54, 1.807) is 7.11 Å². The Balaban J connectivity index is 2.15. The molecule has 2 amide bonds. The van der Waals surface area contributed by atoms with Crippen molar-refractivity contribution in [2.75, 3.05) is 20.2 Å². The molecule has 1 rings (SSSR count). The lowest BCUT2D eigenvalue weighted by Gasteiger charge is -2.08. The van der Waals surface area contributed by atoms with Crippen molar-refractivity contribution in [2.24, 2.45) is 0 Å². The molecule has 0 unspecified atom stereocenters. The van der Waals surface area contributed by atoms with Gasteiger partial charge in [-0.3, -0.25) is 9.59 Å². The second kappa shape index (κ2) is 9.80. The summed E-state index contributed by atoms with van der Waals surface area (Å²) in [7, 11) is 1.63. The molecule has 5 heteroatoms. The third-order valence-corrected chi connectivity index (χ3v) is 3.11. The zero-order valence-corrected chi connectivity index (χ0v) is 12.8. The zero-order chi connectivity index (χ0) is 15.5. The van der Waals surface area contributed by atoms with Crippen molar-refractivity contribution in [3.63, 3.8) is 0 Å². The molecule has 5 nitrogen and oxygen atoms in total. The first-order valence-corrected chi connectivity index (χ1v) is 7.26. The molecule has 0 atom stereocenters. The molecule has 0 aliphatic rings. The maximum absolute atomic E-state index is 11.7. The van der Waals surface area contributed by atoms with Crippen LogP contribution in [-0.4, -0.2) is 32.0 Å².